The minimum atomic E-state index is -0.262. The van der Waals surface area contributed by atoms with Crippen LogP contribution >= 0.6 is 0 Å². The van der Waals surface area contributed by atoms with Crippen molar-refractivity contribution in [2.45, 2.75) is 25.8 Å². The van der Waals surface area contributed by atoms with Crippen molar-refractivity contribution in [3.8, 4) is 11.5 Å². The molecule has 2 N–H and O–H groups in total. The smallest absolute Gasteiger partial charge is 0.255 e. The molecule has 4 rings (SSSR count). The van der Waals surface area contributed by atoms with Gasteiger partial charge in [-0.15, -0.1) is 0 Å². The summed E-state index contributed by atoms with van der Waals surface area (Å²) in [5.74, 6) is 0.992. The summed E-state index contributed by atoms with van der Waals surface area (Å²) in [7, 11) is 3.20. The van der Waals surface area contributed by atoms with E-state index in [1.165, 1.54) is 0 Å². The number of hydrogen-bond donors (Lipinski definition) is 2. The van der Waals surface area contributed by atoms with Crippen molar-refractivity contribution < 1.29 is 19.1 Å². The highest BCUT2D eigenvalue weighted by Gasteiger charge is 2.28. The first-order chi connectivity index (χ1) is 16.3. The number of nitrogens with one attached hydrogen (secondary N) is 2. The molecule has 0 radical (unpaired) electrons. The molecule has 0 aromatic heterocycles. The number of ether oxygens (including phenoxy) is 2. The molecule has 0 saturated heterocycles. The zero-order valence-electron chi connectivity index (χ0n) is 19.8. The number of anilines is 1. The molecular formula is C28H28N2O4. The fourth-order valence-corrected chi connectivity index (χ4v) is 4.06. The van der Waals surface area contributed by atoms with Crippen LogP contribution in [0.2, 0.25) is 0 Å². The molecule has 174 valence electrons. The number of allylic oxidation sites excluding steroid dienone is 1. The van der Waals surface area contributed by atoms with Gasteiger partial charge in [-0.25, -0.2) is 0 Å². The van der Waals surface area contributed by atoms with Crippen LogP contribution in [0.15, 0.2) is 72.8 Å². The number of methoxy groups -OCH3 is 2. The summed E-state index contributed by atoms with van der Waals surface area (Å²) in [6.07, 6.45) is 2.46. The zero-order valence-corrected chi connectivity index (χ0v) is 19.8. The van der Waals surface area contributed by atoms with Crippen molar-refractivity contribution in [1.29, 1.82) is 0 Å². The molecule has 6 nitrogen and oxygen atoms in total. The normalized spacial score (nSPS) is 15.1. The second-order valence-electron chi connectivity index (χ2n) is 8.89. The maximum absolute atomic E-state index is 13.1. The van der Waals surface area contributed by atoms with Gasteiger partial charge < -0.3 is 20.1 Å². The van der Waals surface area contributed by atoms with Crippen molar-refractivity contribution in [3.05, 3.63) is 95.1 Å². The summed E-state index contributed by atoms with van der Waals surface area (Å²) < 4.78 is 10.6. The first-order valence-electron chi connectivity index (χ1n) is 11.0. The molecule has 1 heterocycles. The predicted molar refractivity (Wildman–Crippen MR) is 134 cm³/mol. The molecule has 1 aliphatic heterocycles. The first-order valence-corrected chi connectivity index (χ1v) is 11.0. The Bertz CT molecular complexity index is 1260. The largest absolute Gasteiger partial charge is 0.497 e. The maximum Gasteiger partial charge on any atom is 0.255 e. The van der Waals surface area contributed by atoms with Gasteiger partial charge in [0.05, 0.1) is 14.2 Å². The van der Waals surface area contributed by atoms with E-state index in [0.717, 1.165) is 29.0 Å². The number of fused-ring (bicyclic) bond motifs is 1. The van der Waals surface area contributed by atoms with E-state index in [1.807, 2.05) is 18.2 Å². The third kappa shape index (κ3) is 5.12. The van der Waals surface area contributed by atoms with Crippen LogP contribution in [0.25, 0.3) is 5.70 Å². The van der Waals surface area contributed by atoms with Crippen LogP contribution in [0.4, 0.5) is 5.69 Å². The Kier molecular flexibility index (Phi) is 6.41. The van der Waals surface area contributed by atoms with Gasteiger partial charge in [-0.3, -0.25) is 9.59 Å². The highest BCUT2D eigenvalue weighted by atomic mass is 16.5. The third-order valence-corrected chi connectivity index (χ3v) is 5.75. The molecule has 0 atom stereocenters. The highest BCUT2D eigenvalue weighted by molar-refractivity contribution is 6.10. The van der Waals surface area contributed by atoms with Crippen LogP contribution in [0.3, 0.4) is 0 Å². The maximum atomic E-state index is 13.1. The Morgan fingerprint density at radius 2 is 1.59 bits per heavy atom. The van der Waals surface area contributed by atoms with E-state index >= 15 is 0 Å². The lowest BCUT2D eigenvalue weighted by Crippen LogP contribution is -2.43. The minimum Gasteiger partial charge on any atom is -0.497 e. The third-order valence-electron chi connectivity index (χ3n) is 5.75. The van der Waals surface area contributed by atoms with E-state index in [2.05, 4.69) is 24.5 Å². The van der Waals surface area contributed by atoms with Crippen LogP contribution < -0.4 is 20.1 Å². The lowest BCUT2D eigenvalue weighted by Gasteiger charge is -2.35. The molecule has 3 aromatic carbocycles. The van der Waals surface area contributed by atoms with Gasteiger partial charge in [-0.1, -0.05) is 24.3 Å². The second kappa shape index (κ2) is 9.43. The molecule has 0 bridgehead atoms. The lowest BCUT2D eigenvalue weighted by molar-refractivity contribution is 0.102. The molecule has 3 aromatic rings. The molecule has 0 aliphatic carbocycles. The van der Waals surface area contributed by atoms with Crippen molar-refractivity contribution in [1.82, 2.24) is 5.32 Å². The van der Waals surface area contributed by atoms with Gasteiger partial charge in [-0.2, -0.15) is 0 Å². The molecular weight excluding hydrogens is 428 g/mol. The van der Waals surface area contributed by atoms with E-state index in [-0.39, 0.29) is 17.2 Å². The Hall–Kier alpha value is -4.06. The van der Waals surface area contributed by atoms with E-state index in [1.54, 1.807) is 68.8 Å². The molecule has 34 heavy (non-hydrogen) atoms. The molecule has 6 heteroatoms. The Morgan fingerprint density at radius 3 is 2.29 bits per heavy atom. The Labute approximate surface area is 199 Å². The average molecular weight is 457 g/mol. The number of rotatable bonds is 6. The standard InChI is InChI=1S/C28H28N2O4/c1-28(2)17-20-12-13-23(34-4)15-24(20)25(30-28)16-26(31)18-8-10-19(11-9-18)27(32)29-21-6-5-7-22(14-21)33-3/h5-16,30H,17H2,1-4H3,(H,29,32)/b25-16-. The van der Waals surface area contributed by atoms with Gasteiger partial charge in [0.25, 0.3) is 5.91 Å². The van der Waals surface area contributed by atoms with Gasteiger partial charge in [0.15, 0.2) is 5.78 Å². The molecule has 1 aliphatic rings. The van der Waals surface area contributed by atoms with Crippen molar-refractivity contribution in [2.75, 3.05) is 19.5 Å². The molecule has 1 amide bonds. The number of carbonyl (C=O) groups is 2. The summed E-state index contributed by atoms with van der Waals surface area (Å²) >= 11 is 0. The average Bonchev–Trinajstić information content (AvgIpc) is 2.83. The van der Waals surface area contributed by atoms with Crippen LogP contribution in [-0.4, -0.2) is 31.4 Å². The highest BCUT2D eigenvalue weighted by Crippen LogP contribution is 2.32. The number of ketones is 1. The van der Waals surface area contributed by atoms with Crippen LogP contribution in [0.5, 0.6) is 11.5 Å². The fourth-order valence-electron chi connectivity index (χ4n) is 4.06. The van der Waals surface area contributed by atoms with Crippen molar-refractivity contribution in [2.24, 2.45) is 0 Å². The minimum absolute atomic E-state index is 0.145. The van der Waals surface area contributed by atoms with Gasteiger partial charge in [-0.05, 0) is 62.2 Å². The van der Waals surface area contributed by atoms with E-state index < -0.39 is 0 Å². The summed E-state index contributed by atoms with van der Waals surface area (Å²) in [4.78, 5) is 25.7. The van der Waals surface area contributed by atoms with Gasteiger partial charge >= 0.3 is 0 Å². The first kappa shape index (κ1) is 23.1. The van der Waals surface area contributed by atoms with Gasteiger partial charge in [0.1, 0.15) is 11.5 Å². The zero-order chi connectivity index (χ0) is 24.3. The Morgan fingerprint density at radius 1 is 0.912 bits per heavy atom. The quantitative estimate of drug-likeness (QED) is 0.398. The summed E-state index contributed by atoms with van der Waals surface area (Å²) in [6, 6.07) is 19.7. The van der Waals surface area contributed by atoms with Gasteiger partial charge in [0.2, 0.25) is 0 Å². The van der Waals surface area contributed by atoms with Crippen LogP contribution in [-0.2, 0) is 6.42 Å². The molecule has 0 fully saturated rings. The number of amides is 1. The van der Waals surface area contributed by atoms with E-state index in [9.17, 15) is 9.59 Å². The van der Waals surface area contributed by atoms with Crippen molar-refractivity contribution >= 4 is 23.1 Å². The molecule has 0 unspecified atom stereocenters. The number of carbonyl (C=O) groups excluding carboxylic acids is 2. The number of hydrogen-bond acceptors (Lipinski definition) is 5. The predicted octanol–water partition coefficient (Wildman–Crippen LogP) is 5.10. The lowest BCUT2D eigenvalue weighted by atomic mass is 9.85. The molecule has 0 saturated carbocycles. The van der Waals surface area contributed by atoms with Crippen LogP contribution in [0, 0.1) is 0 Å². The second-order valence-corrected chi connectivity index (χ2v) is 8.89. The number of benzene rings is 3. The summed E-state index contributed by atoms with van der Waals surface area (Å²) in [5, 5.41) is 6.32. The van der Waals surface area contributed by atoms with Gasteiger partial charge in [0, 0.05) is 45.8 Å². The summed E-state index contributed by atoms with van der Waals surface area (Å²) in [5.41, 5.74) is 4.29. The fraction of sp³-hybridized carbons (Fsp3) is 0.214. The summed E-state index contributed by atoms with van der Waals surface area (Å²) in [6.45, 7) is 4.21. The molecule has 0 spiro atoms. The van der Waals surface area contributed by atoms with E-state index in [4.69, 9.17) is 9.47 Å². The van der Waals surface area contributed by atoms with Crippen molar-refractivity contribution in [3.63, 3.8) is 0 Å². The van der Waals surface area contributed by atoms with E-state index in [0.29, 0.717) is 22.6 Å². The Balaban J connectivity index is 1.54. The monoisotopic (exact) mass is 456 g/mol. The van der Waals surface area contributed by atoms with Crippen LogP contribution in [0.1, 0.15) is 45.7 Å². The topological polar surface area (TPSA) is 76.7 Å². The SMILES string of the molecule is COc1cccc(NC(=O)c2ccc(C(=O)/C=C3\NC(C)(C)Cc4ccc(OC)cc43)cc2)c1.